The minimum absolute atomic E-state index is 0.0932. The number of hydrogen-bond donors (Lipinski definition) is 2. The monoisotopic (exact) mass is 387 g/mol. The third-order valence-electron chi connectivity index (χ3n) is 3.42. The third kappa shape index (κ3) is 4.39. The zero-order valence-electron chi connectivity index (χ0n) is 14.3. The fourth-order valence-corrected chi connectivity index (χ4v) is 2.29. The smallest absolute Gasteiger partial charge is 0.337 e. The molecule has 138 valence electrons. The van der Waals surface area contributed by atoms with Crippen molar-refractivity contribution in [3.63, 3.8) is 0 Å². The summed E-state index contributed by atoms with van der Waals surface area (Å²) < 4.78 is 9.56. The molecule has 0 atom stereocenters. The van der Waals surface area contributed by atoms with E-state index in [0.29, 0.717) is 27.9 Å². The average Bonchev–Trinajstić information content (AvgIpc) is 3.08. The molecule has 2 aromatic heterocycles. The van der Waals surface area contributed by atoms with Crippen molar-refractivity contribution in [3.8, 4) is 0 Å². The minimum atomic E-state index is -0.490. The van der Waals surface area contributed by atoms with Crippen LogP contribution in [0.1, 0.15) is 26.6 Å². The summed E-state index contributed by atoms with van der Waals surface area (Å²) in [6.07, 6.45) is 0. The van der Waals surface area contributed by atoms with Gasteiger partial charge in [0.05, 0.1) is 23.4 Å². The lowest BCUT2D eigenvalue weighted by Crippen LogP contribution is -2.14. The molecule has 0 fully saturated rings. The lowest BCUT2D eigenvalue weighted by Gasteiger charge is -2.09. The number of hydrogen-bond acceptors (Lipinski definition) is 8. The van der Waals surface area contributed by atoms with Crippen LogP contribution in [0.2, 0.25) is 5.02 Å². The standard InChI is InChI=1S/C17H14ClN5O4/c1-9-7-15(23-27-9)20-16(24)12-5-6-14(22-21-12)19-13-8-10(17(25)26-2)3-4-11(13)18/h3-8H,1-2H3,(H,19,22)(H,20,23,24). The zero-order chi connectivity index (χ0) is 19.4. The molecule has 2 heterocycles. The fourth-order valence-electron chi connectivity index (χ4n) is 2.13. The number of carbonyl (C=O) groups excluding carboxylic acids is 2. The van der Waals surface area contributed by atoms with E-state index in [-0.39, 0.29) is 11.5 Å². The number of anilines is 3. The van der Waals surface area contributed by atoms with E-state index in [1.54, 1.807) is 31.2 Å². The van der Waals surface area contributed by atoms with Gasteiger partial charge in [0.15, 0.2) is 17.3 Å². The Morgan fingerprint density at radius 2 is 1.93 bits per heavy atom. The number of carbonyl (C=O) groups is 2. The summed E-state index contributed by atoms with van der Waals surface area (Å²) in [6, 6.07) is 9.25. The molecule has 0 aliphatic heterocycles. The number of aromatic nitrogens is 3. The highest BCUT2D eigenvalue weighted by Gasteiger charge is 2.13. The van der Waals surface area contributed by atoms with Gasteiger partial charge < -0.3 is 19.9 Å². The van der Waals surface area contributed by atoms with Gasteiger partial charge in [-0.2, -0.15) is 0 Å². The van der Waals surface area contributed by atoms with Crippen LogP contribution in [-0.2, 0) is 4.74 Å². The SMILES string of the molecule is COC(=O)c1ccc(Cl)c(Nc2ccc(C(=O)Nc3cc(C)on3)nn2)c1. The number of halogens is 1. The van der Waals surface area contributed by atoms with Gasteiger partial charge in [-0.05, 0) is 37.3 Å². The van der Waals surface area contributed by atoms with Crippen LogP contribution in [-0.4, -0.2) is 34.3 Å². The van der Waals surface area contributed by atoms with Gasteiger partial charge in [0, 0.05) is 6.07 Å². The molecular weight excluding hydrogens is 374 g/mol. The van der Waals surface area contributed by atoms with Crippen molar-refractivity contribution in [3.05, 3.63) is 58.4 Å². The molecule has 0 spiro atoms. The summed E-state index contributed by atoms with van der Waals surface area (Å²) in [5.74, 6) is 0.228. The molecule has 10 heteroatoms. The summed E-state index contributed by atoms with van der Waals surface area (Å²) in [5, 5.41) is 17.3. The number of methoxy groups -OCH3 is 1. The Hall–Kier alpha value is -3.46. The number of amides is 1. The molecule has 0 radical (unpaired) electrons. The maximum atomic E-state index is 12.1. The second-order valence-electron chi connectivity index (χ2n) is 5.39. The molecule has 0 aliphatic carbocycles. The lowest BCUT2D eigenvalue weighted by molar-refractivity contribution is 0.0600. The van der Waals surface area contributed by atoms with Crippen LogP contribution in [0.3, 0.4) is 0 Å². The van der Waals surface area contributed by atoms with Crippen molar-refractivity contribution in [2.24, 2.45) is 0 Å². The van der Waals surface area contributed by atoms with Gasteiger partial charge in [-0.3, -0.25) is 4.79 Å². The molecule has 0 saturated heterocycles. The average molecular weight is 388 g/mol. The number of aryl methyl sites for hydroxylation is 1. The van der Waals surface area contributed by atoms with E-state index in [1.165, 1.54) is 19.2 Å². The van der Waals surface area contributed by atoms with Gasteiger partial charge in [0.25, 0.3) is 5.91 Å². The van der Waals surface area contributed by atoms with Gasteiger partial charge in [-0.25, -0.2) is 4.79 Å². The van der Waals surface area contributed by atoms with Crippen molar-refractivity contribution in [1.29, 1.82) is 0 Å². The van der Waals surface area contributed by atoms with Crippen molar-refractivity contribution in [2.45, 2.75) is 6.92 Å². The second kappa shape index (κ2) is 7.83. The van der Waals surface area contributed by atoms with Crippen molar-refractivity contribution >= 4 is 40.8 Å². The molecule has 0 aliphatic rings. The second-order valence-corrected chi connectivity index (χ2v) is 5.80. The molecule has 3 aromatic rings. The predicted octanol–water partition coefficient (Wildman–Crippen LogP) is 3.21. The molecule has 9 nitrogen and oxygen atoms in total. The third-order valence-corrected chi connectivity index (χ3v) is 3.75. The summed E-state index contributed by atoms with van der Waals surface area (Å²) in [6.45, 7) is 1.71. The largest absolute Gasteiger partial charge is 0.465 e. The van der Waals surface area contributed by atoms with Crippen LogP contribution < -0.4 is 10.6 Å². The number of benzene rings is 1. The molecule has 2 N–H and O–H groups in total. The number of ether oxygens (including phenoxy) is 1. The summed E-state index contributed by atoms with van der Waals surface area (Å²) >= 11 is 6.13. The summed E-state index contributed by atoms with van der Waals surface area (Å²) in [7, 11) is 1.29. The molecule has 0 unspecified atom stereocenters. The number of nitrogens with one attached hydrogen (secondary N) is 2. The Labute approximate surface area is 158 Å². The van der Waals surface area contributed by atoms with Gasteiger partial charge in [-0.1, -0.05) is 16.8 Å². The van der Waals surface area contributed by atoms with Crippen molar-refractivity contribution < 1.29 is 18.8 Å². The Bertz CT molecular complexity index is 987. The van der Waals surface area contributed by atoms with Crippen LogP contribution in [0.25, 0.3) is 0 Å². The molecule has 0 saturated carbocycles. The van der Waals surface area contributed by atoms with Crippen molar-refractivity contribution in [1.82, 2.24) is 15.4 Å². The zero-order valence-corrected chi connectivity index (χ0v) is 15.1. The van der Waals surface area contributed by atoms with Gasteiger partial charge >= 0.3 is 5.97 Å². The summed E-state index contributed by atoms with van der Waals surface area (Å²) in [5.41, 5.74) is 0.871. The van der Waals surface area contributed by atoms with Crippen LogP contribution in [0.4, 0.5) is 17.3 Å². The highest BCUT2D eigenvalue weighted by atomic mass is 35.5. The fraction of sp³-hybridized carbons (Fsp3) is 0.118. The highest BCUT2D eigenvalue weighted by molar-refractivity contribution is 6.33. The number of nitrogens with zero attached hydrogens (tertiary/aromatic N) is 3. The molecule has 1 amide bonds. The first kappa shape index (κ1) is 18.3. The predicted molar refractivity (Wildman–Crippen MR) is 97.3 cm³/mol. The Kier molecular flexibility index (Phi) is 5.32. The summed E-state index contributed by atoms with van der Waals surface area (Å²) in [4.78, 5) is 23.7. The van der Waals surface area contributed by atoms with Crippen molar-refractivity contribution in [2.75, 3.05) is 17.7 Å². The molecule has 1 aromatic carbocycles. The Morgan fingerprint density at radius 1 is 1.11 bits per heavy atom. The minimum Gasteiger partial charge on any atom is -0.465 e. The van der Waals surface area contributed by atoms with E-state index in [2.05, 4.69) is 30.7 Å². The van der Waals surface area contributed by atoms with Crippen LogP contribution >= 0.6 is 11.6 Å². The van der Waals surface area contributed by atoms with E-state index in [1.807, 2.05) is 0 Å². The van der Waals surface area contributed by atoms with Crippen LogP contribution in [0, 0.1) is 6.92 Å². The molecule has 27 heavy (non-hydrogen) atoms. The first-order valence-electron chi connectivity index (χ1n) is 7.69. The first-order chi connectivity index (χ1) is 13.0. The van der Waals surface area contributed by atoms with E-state index >= 15 is 0 Å². The highest BCUT2D eigenvalue weighted by Crippen LogP contribution is 2.26. The topological polar surface area (TPSA) is 119 Å². The number of rotatable bonds is 5. The van der Waals surface area contributed by atoms with Gasteiger partial charge in [0.2, 0.25) is 0 Å². The number of esters is 1. The maximum absolute atomic E-state index is 12.1. The Morgan fingerprint density at radius 3 is 2.56 bits per heavy atom. The first-order valence-corrected chi connectivity index (χ1v) is 8.07. The van der Waals surface area contributed by atoms with Gasteiger partial charge in [-0.15, -0.1) is 10.2 Å². The van der Waals surface area contributed by atoms with E-state index < -0.39 is 11.9 Å². The van der Waals surface area contributed by atoms with Crippen LogP contribution in [0.15, 0.2) is 40.9 Å². The van der Waals surface area contributed by atoms with Gasteiger partial charge in [0.1, 0.15) is 5.76 Å². The van der Waals surface area contributed by atoms with E-state index in [0.717, 1.165) is 0 Å². The molecule has 3 rings (SSSR count). The van der Waals surface area contributed by atoms with E-state index in [4.69, 9.17) is 16.1 Å². The Balaban J connectivity index is 1.72. The van der Waals surface area contributed by atoms with E-state index in [9.17, 15) is 9.59 Å². The quantitative estimate of drug-likeness (QED) is 0.640. The normalized spacial score (nSPS) is 10.3. The molecule has 0 bridgehead atoms. The van der Waals surface area contributed by atoms with Crippen LogP contribution in [0.5, 0.6) is 0 Å². The lowest BCUT2D eigenvalue weighted by atomic mass is 10.2. The molecular formula is C17H14ClN5O4. The maximum Gasteiger partial charge on any atom is 0.337 e.